The third-order valence-electron chi connectivity index (χ3n) is 3.16. The molecule has 1 aromatic carbocycles. The van der Waals surface area contributed by atoms with Crippen LogP contribution < -0.4 is 5.73 Å². The van der Waals surface area contributed by atoms with Gasteiger partial charge in [-0.3, -0.25) is 0 Å². The molecule has 1 aliphatic carbocycles. The van der Waals surface area contributed by atoms with Gasteiger partial charge in [-0.05, 0) is 30.5 Å². The first-order chi connectivity index (χ1) is 8.70. The van der Waals surface area contributed by atoms with E-state index in [1.807, 2.05) is 0 Å². The second-order valence-electron chi connectivity index (χ2n) is 4.80. The fourth-order valence-electron chi connectivity index (χ4n) is 1.85. The third kappa shape index (κ3) is 3.40. The second kappa shape index (κ2) is 4.70. The summed E-state index contributed by atoms with van der Waals surface area (Å²) in [5.74, 6) is 0.373. The maximum atomic E-state index is 12.5. The van der Waals surface area contributed by atoms with Crippen LogP contribution in [0.5, 0.6) is 0 Å². The van der Waals surface area contributed by atoms with Crippen LogP contribution in [0.2, 0.25) is 0 Å². The van der Waals surface area contributed by atoms with Crippen molar-refractivity contribution in [2.45, 2.75) is 30.3 Å². The molecule has 1 fully saturated rings. The monoisotopic (exact) mass is 293 g/mol. The van der Waals surface area contributed by atoms with Gasteiger partial charge in [0.05, 0.1) is 21.9 Å². The Labute approximate surface area is 109 Å². The lowest BCUT2D eigenvalue weighted by atomic mass is 10.2. The smallest absolute Gasteiger partial charge is 0.398 e. The molecule has 1 saturated carbocycles. The van der Waals surface area contributed by atoms with E-state index in [0.717, 1.165) is 25.0 Å². The zero-order valence-electron chi connectivity index (χ0n) is 10.1. The molecule has 0 heterocycles. The normalized spacial score (nSPS) is 16.6. The highest BCUT2D eigenvalue weighted by Crippen LogP contribution is 2.35. The van der Waals surface area contributed by atoms with E-state index >= 15 is 0 Å². The molecule has 0 atom stereocenters. The molecular formula is C12H14F3NO2S. The highest BCUT2D eigenvalue weighted by molar-refractivity contribution is 7.91. The molecule has 0 saturated heterocycles. The Bertz CT molecular complexity index is 577. The summed E-state index contributed by atoms with van der Waals surface area (Å²) >= 11 is 0. The number of sulfone groups is 1. The first-order valence-electron chi connectivity index (χ1n) is 5.89. The summed E-state index contributed by atoms with van der Waals surface area (Å²) in [6.45, 7) is 0. The lowest BCUT2D eigenvalue weighted by Gasteiger charge is -2.11. The van der Waals surface area contributed by atoms with Crippen molar-refractivity contribution < 1.29 is 21.6 Å². The van der Waals surface area contributed by atoms with Gasteiger partial charge in [0.2, 0.25) is 0 Å². The number of rotatable bonds is 4. The van der Waals surface area contributed by atoms with E-state index in [0.29, 0.717) is 18.4 Å². The summed E-state index contributed by atoms with van der Waals surface area (Å²) in [5.41, 5.74) is 4.17. The van der Waals surface area contributed by atoms with Crippen LogP contribution >= 0.6 is 0 Å². The van der Waals surface area contributed by atoms with E-state index in [4.69, 9.17) is 5.73 Å². The van der Waals surface area contributed by atoms with Gasteiger partial charge >= 0.3 is 6.18 Å². The molecule has 1 aromatic rings. The van der Waals surface area contributed by atoms with Crippen LogP contribution in [0.15, 0.2) is 23.1 Å². The summed E-state index contributed by atoms with van der Waals surface area (Å²) in [4.78, 5) is -0.207. The highest BCUT2D eigenvalue weighted by Gasteiger charge is 2.32. The van der Waals surface area contributed by atoms with Crippen molar-refractivity contribution in [3.63, 3.8) is 0 Å². The second-order valence-corrected chi connectivity index (χ2v) is 6.88. The Morgan fingerprint density at radius 1 is 1.26 bits per heavy atom. The Kier molecular flexibility index (Phi) is 3.51. The fourth-order valence-corrected chi connectivity index (χ4v) is 3.40. The van der Waals surface area contributed by atoms with Gasteiger partial charge in [0, 0.05) is 0 Å². The number of hydrogen-bond acceptors (Lipinski definition) is 3. The van der Waals surface area contributed by atoms with Crippen molar-refractivity contribution in [3.8, 4) is 0 Å². The lowest BCUT2D eigenvalue weighted by molar-refractivity contribution is -0.137. The molecule has 1 aliphatic rings. The average Bonchev–Trinajstić information content (AvgIpc) is 3.08. The van der Waals surface area contributed by atoms with Crippen molar-refractivity contribution >= 4 is 15.5 Å². The van der Waals surface area contributed by atoms with Crippen LogP contribution in [0.4, 0.5) is 18.9 Å². The molecule has 106 valence electrons. The Hall–Kier alpha value is -1.24. The van der Waals surface area contributed by atoms with E-state index < -0.39 is 21.6 Å². The zero-order chi connectivity index (χ0) is 14.3. The van der Waals surface area contributed by atoms with Gasteiger partial charge in [-0.1, -0.05) is 12.8 Å². The van der Waals surface area contributed by atoms with Crippen molar-refractivity contribution in [1.29, 1.82) is 0 Å². The van der Waals surface area contributed by atoms with Crippen molar-refractivity contribution in [1.82, 2.24) is 0 Å². The molecule has 0 spiro atoms. The third-order valence-corrected chi connectivity index (χ3v) is 4.98. The van der Waals surface area contributed by atoms with Gasteiger partial charge in [-0.15, -0.1) is 0 Å². The Morgan fingerprint density at radius 3 is 2.37 bits per heavy atom. The van der Waals surface area contributed by atoms with Crippen LogP contribution in [0.3, 0.4) is 0 Å². The summed E-state index contributed by atoms with van der Waals surface area (Å²) in [6, 6.07) is 2.37. The van der Waals surface area contributed by atoms with E-state index in [1.54, 1.807) is 0 Å². The number of hydrogen-bond donors (Lipinski definition) is 1. The first kappa shape index (κ1) is 14.2. The first-order valence-corrected chi connectivity index (χ1v) is 7.55. The van der Waals surface area contributed by atoms with Gasteiger partial charge in [0.1, 0.15) is 0 Å². The number of anilines is 1. The molecule has 7 heteroatoms. The van der Waals surface area contributed by atoms with E-state index in [-0.39, 0.29) is 16.3 Å². The number of nitrogen functional groups attached to an aromatic ring is 1. The Morgan fingerprint density at radius 2 is 1.89 bits per heavy atom. The molecule has 0 amide bonds. The van der Waals surface area contributed by atoms with Gasteiger partial charge in [0.15, 0.2) is 9.84 Å². The van der Waals surface area contributed by atoms with Crippen LogP contribution in [0.25, 0.3) is 0 Å². The summed E-state index contributed by atoms with van der Waals surface area (Å²) in [6.07, 6.45) is -1.93. The maximum Gasteiger partial charge on any atom is 0.416 e. The largest absolute Gasteiger partial charge is 0.416 e. The van der Waals surface area contributed by atoms with Crippen LogP contribution in [0.1, 0.15) is 24.8 Å². The van der Waals surface area contributed by atoms with Crippen LogP contribution in [-0.2, 0) is 16.0 Å². The lowest BCUT2D eigenvalue weighted by Crippen LogP contribution is -2.12. The quantitative estimate of drug-likeness (QED) is 0.868. The Balaban J connectivity index is 2.24. The maximum absolute atomic E-state index is 12.5. The van der Waals surface area contributed by atoms with Gasteiger partial charge in [0.25, 0.3) is 0 Å². The molecular weight excluding hydrogens is 279 g/mol. The molecule has 3 nitrogen and oxygen atoms in total. The molecule has 19 heavy (non-hydrogen) atoms. The average molecular weight is 293 g/mol. The van der Waals surface area contributed by atoms with E-state index in [1.165, 1.54) is 0 Å². The van der Waals surface area contributed by atoms with Gasteiger partial charge in [-0.25, -0.2) is 8.42 Å². The predicted octanol–water partition coefficient (Wildman–Crippen LogP) is 2.86. The predicted molar refractivity (Wildman–Crippen MR) is 65.3 cm³/mol. The van der Waals surface area contributed by atoms with Gasteiger partial charge in [-0.2, -0.15) is 13.2 Å². The minimum atomic E-state index is -4.52. The number of nitrogens with two attached hydrogens (primary N) is 1. The fraction of sp³-hybridized carbons (Fsp3) is 0.500. The van der Waals surface area contributed by atoms with E-state index in [9.17, 15) is 21.6 Å². The molecule has 0 unspecified atom stereocenters. The number of benzene rings is 1. The minimum Gasteiger partial charge on any atom is -0.398 e. The molecule has 0 aliphatic heterocycles. The molecule has 0 bridgehead atoms. The van der Waals surface area contributed by atoms with Crippen LogP contribution in [-0.4, -0.2) is 14.2 Å². The molecule has 0 aromatic heterocycles. The topological polar surface area (TPSA) is 60.2 Å². The highest BCUT2D eigenvalue weighted by atomic mass is 32.2. The standard InChI is InChI=1S/C12H14F3NO2S/c13-12(14,15)9-3-4-11(10(16)7-9)19(17,18)6-5-8-1-2-8/h3-4,7-8H,1-2,5-6,16H2. The summed E-state index contributed by atoms with van der Waals surface area (Å²) in [7, 11) is -3.60. The SMILES string of the molecule is Nc1cc(C(F)(F)F)ccc1S(=O)(=O)CCC1CC1. The summed E-state index contributed by atoms with van der Waals surface area (Å²) < 4.78 is 61.3. The van der Waals surface area contributed by atoms with Crippen LogP contribution in [0, 0.1) is 5.92 Å². The molecule has 2 N–H and O–H groups in total. The molecule has 0 radical (unpaired) electrons. The zero-order valence-corrected chi connectivity index (χ0v) is 10.9. The number of alkyl halides is 3. The minimum absolute atomic E-state index is 0.0623. The van der Waals surface area contributed by atoms with Crippen molar-refractivity contribution in [2.24, 2.45) is 5.92 Å². The molecule has 2 rings (SSSR count). The number of halogens is 3. The summed E-state index contributed by atoms with van der Waals surface area (Å²) in [5, 5.41) is 0. The van der Waals surface area contributed by atoms with Crippen molar-refractivity contribution in [3.05, 3.63) is 23.8 Å². The van der Waals surface area contributed by atoms with E-state index in [2.05, 4.69) is 0 Å². The van der Waals surface area contributed by atoms with Gasteiger partial charge < -0.3 is 5.73 Å². The van der Waals surface area contributed by atoms with Crippen molar-refractivity contribution in [2.75, 3.05) is 11.5 Å².